The van der Waals surface area contributed by atoms with E-state index in [4.69, 9.17) is 0 Å². The van der Waals surface area contributed by atoms with Gasteiger partial charge in [-0.05, 0) is 18.6 Å². The lowest BCUT2D eigenvalue weighted by molar-refractivity contribution is -0.387. The zero-order valence-electron chi connectivity index (χ0n) is 13.7. The van der Waals surface area contributed by atoms with Crippen molar-refractivity contribution in [3.63, 3.8) is 0 Å². The number of hydrogen-bond acceptors (Lipinski definition) is 5. The summed E-state index contributed by atoms with van der Waals surface area (Å²) in [6.45, 7) is 1.36. The number of nitrogens with zero attached hydrogens (tertiary/aromatic N) is 2. The van der Waals surface area contributed by atoms with Crippen molar-refractivity contribution in [3.05, 3.63) is 70.3 Å². The number of Topliss-reactive ketones (excluding diaryl/α,β-unsaturated/α-hetero) is 1. The van der Waals surface area contributed by atoms with Gasteiger partial charge in [-0.3, -0.25) is 14.9 Å². The lowest BCUT2D eigenvalue weighted by Gasteiger charge is -2.22. The number of nitro benzene ring substituents is 1. The maximum absolute atomic E-state index is 13.0. The second kappa shape index (κ2) is 8.00. The normalized spacial score (nSPS) is 11.4. The number of carbonyl (C=O) groups is 1. The lowest BCUT2D eigenvalue weighted by Crippen LogP contribution is -2.32. The van der Waals surface area contributed by atoms with Crippen LogP contribution in [0.4, 0.5) is 5.69 Å². The zero-order chi connectivity index (χ0) is 18.4. The number of benzene rings is 2. The minimum Gasteiger partial charge on any atom is -0.300 e. The van der Waals surface area contributed by atoms with E-state index in [0.29, 0.717) is 0 Å². The second-order valence-electron chi connectivity index (χ2n) is 5.50. The molecule has 0 saturated carbocycles. The Balaban J connectivity index is 2.44. The molecule has 0 atom stereocenters. The summed E-state index contributed by atoms with van der Waals surface area (Å²) >= 11 is 0. The molecule has 2 aromatic rings. The third-order valence-electron chi connectivity index (χ3n) is 3.59. The Morgan fingerprint density at radius 2 is 1.68 bits per heavy atom. The molecule has 8 heteroatoms. The van der Waals surface area contributed by atoms with Gasteiger partial charge in [0.2, 0.25) is 10.0 Å². The number of para-hydroxylation sites is 1. The van der Waals surface area contributed by atoms with Crippen molar-refractivity contribution in [1.82, 2.24) is 4.31 Å². The quantitative estimate of drug-likeness (QED) is 0.531. The summed E-state index contributed by atoms with van der Waals surface area (Å²) in [5, 5.41) is 11.2. The molecule has 0 aliphatic rings. The van der Waals surface area contributed by atoms with Gasteiger partial charge in [0.1, 0.15) is 5.78 Å². The van der Waals surface area contributed by atoms with Gasteiger partial charge in [0, 0.05) is 25.6 Å². The summed E-state index contributed by atoms with van der Waals surface area (Å²) in [6.07, 6.45) is 0.0344. The highest BCUT2D eigenvalue weighted by atomic mass is 32.2. The maximum Gasteiger partial charge on any atom is 0.289 e. The van der Waals surface area contributed by atoms with Crippen molar-refractivity contribution in [2.75, 3.05) is 6.54 Å². The van der Waals surface area contributed by atoms with Crippen molar-refractivity contribution in [2.45, 2.75) is 24.8 Å². The topological polar surface area (TPSA) is 97.6 Å². The van der Waals surface area contributed by atoms with E-state index in [1.165, 1.54) is 25.1 Å². The van der Waals surface area contributed by atoms with Crippen LogP contribution in [0.15, 0.2) is 59.5 Å². The molecule has 0 fully saturated rings. The molecule has 0 unspecified atom stereocenters. The molecule has 0 bridgehead atoms. The molecule has 0 aliphatic carbocycles. The van der Waals surface area contributed by atoms with Gasteiger partial charge < -0.3 is 0 Å². The number of nitro groups is 1. The fourth-order valence-corrected chi connectivity index (χ4v) is 3.90. The highest BCUT2D eigenvalue weighted by Gasteiger charge is 2.31. The molecule has 25 heavy (non-hydrogen) atoms. The van der Waals surface area contributed by atoms with Crippen LogP contribution in [0.3, 0.4) is 0 Å². The van der Waals surface area contributed by atoms with Crippen molar-refractivity contribution in [2.24, 2.45) is 0 Å². The second-order valence-corrected chi connectivity index (χ2v) is 7.41. The molecule has 0 aliphatic heterocycles. The summed E-state index contributed by atoms with van der Waals surface area (Å²) in [5.41, 5.74) is 0.247. The molecule has 0 saturated heterocycles. The molecule has 0 aromatic heterocycles. The van der Waals surface area contributed by atoms with Gasteiger partial charge in [-0.15, -0.1) is 0 Å². The standard InChI is InChI=1S/C17H18N2O5S/c1-14(20)11-12-18(13-15-7-3-2-4-8-15)25(23,24)17-10-6-5-9-16(17)19(21)22/h2-10H,11-13H2,1H3. The van der Waals surface area contributed by atoms with E-state index >= 15 is 0 Å². The molecule has 0 radical (unpaired) electrons. The molecular formula is C17H18N2O5S. The fourth-order valence-electron chi connectivity index (χ4n) is 2.32. The summed E-state index contributed by atoms with van der Waals surface area (Å²) in [4.78, 5) is 21.4. The van der Waals surface area contributed by atoms with Gasteiger partial charge >= 0.3 is 0 Å². The van der Waals surface area contributed by atoms with Gasteiger partial charge in [-0.2, -0.15) is 4.31 Å². The van der Waals surface area contributed by atoms with Gasteiger partial charge in [0.15, 0.2) is 4.90 Å². The first kappa shape index (κ1) is 18.8. The molecule has 7 nitrogen and oxygen atoms in total. The average Bonchev–Trinajstić information content (AvgIpc) is 2.59. The van der Waals surface area contributed by atoms with Crippen LogP contribution in [0.5, 0.6) is 0 Å². The molecule has 2 rings (SSSR count). The highest BCUT2D eigenvalue weighted by molar-refractivity contribution is 7.89. The van der Waals surface area contributed by atoms with E-state index in [0.717, 1.165) is 15.9 Å². The smallest absolute Gasteiger partial charge is 0.289 e. The molecule has 0 amide bonds. The minimum absolute atomic E-state index is 0.0303. The maximum atomic E-state index is 13.0. The van der Waals surface area contributed by atoms with Gasteiger partial charge in [0.05, 0.1) is 4.92 Å². The van der Waals surface area contributed by atoms with Crippen LogP contribution in [0.25, 0.3) is 0 Å². The van der Waals surface area contributed by atoms with Gasteiger partial charge in [0.25, 0.3) is 5.69 Å². The Bertz CT molecular complexity index is 866. The van der Waals surface area contributed by atoms with Crippen LogP contribution >= 0.6 is 0 Å². The third-order valence-corrected chi connectivity index (χ3v) is 5.49. The van der Waals surface area contributed by atoms with Crippen LogP contribution in [-0.2, 0) is 21.4 Å². The summed E-state index contributed by atoms with van der Waals surface area (Å²) in [6, 6.07) is 14.1. The highest BCUT2D eigenvalue weighted by Crippen LogP contribution is 2.27. The molecule has 0 heterocycles. The Hall–Kier alpha value is -2.58. The molecule has 132 valence electrons. The molecule has 2 aromatic carbocycles. The SMILES string of the molecule is CC(=O)CCN(Cc1ccccc1)S(=O)(=O)c1ccccc1[N+](=O)[O-]. The number of ketones is 1. The Labute approximate surface area is 146 Å². The van der Waals surface area contributed by atoms with Crippen LogP contribution in [0.2, 0.25) is 0 Å². The first-order valence-electron chi connectivity index (χ1n) is 7.59. The van der Waals surface area contributed by atoms with E-state index < -0.39 is 20.6 Å². The van der Waals surface area contributed by atoms with Gasteiger partial charge in [-0.1, -0.05) is 42.5 Å². The molecule has 0 N–H and O–H groups in total. The van der Waals surface area contributed by atoms with Gasteiger partial charge in [-0.25, -0.2) is 8.42 Å². The molecular weight excluding hydrogens is 344 g/mol. The monoisotopic (exact) mass is 362 g/mol. The minimum atomic E-state index is -4.13. The van der Waals surface area contributed by atoms with Crippen LogP contribution < -0.4 is 0 Å². The average molecular weight is 362 g/mol. The van der Waals surface area contributed by atoms with Crippen molar-refractivity contribution < 1.29 is 18.1 Å². The van der Waals surface area contributed by atoms with E-state index in [1.807, 2.05) is 0 Å². The van der Waals surface area contributed by atoms with E-state index in [2.05, 4.69) is 0 Å². The van der Waals surface area contributed by atoms with Crippen molar-refractivity contribution >= 4 is 21.5 Å². The third kappa shape index (κ3) is 4.71. The van der Waals surface area contributed by atoms with Crippen molar-refractivity contribution in [1.29, 1.82) is 0 Å². The lowest BCUT2D eigenvalue weighted by atomic mass is 10.2. The van der Waals surface area contributed by atoms with Crippen LogP contribution in [0.1, 0.15) is 18.9 Å². The van der Waals surface area contributed by atoms with Crippen LogP contribution in [-0.4, -0.2) is 30.0 Å². The summed E-state index contributed by atoms with van der Waals surface area (Å²) in [5.74, 6) is -0.157. The van der Waals surface area contributed by atoms with E-state index in [-0.39, 0.29) is 30.2 Å². The predicted octanol–water partition coefficient (Wildman–Crippen LogP) is 2.76. The van der Waals surface area contributed by atoms with E-state index in [1.54, 1.807) is 30.3 Å². The predicted molar refractivity (Wildman–Crippen MR) is 92.4 cm³/mol. The van der Waals surface area contributed by atoms with Crippen LogP contribution in [0, 0.1) is 10.1 Å². The molecule has 0 spiro atoms. The number of sulfonamides is 1. The largest absolute Gasteiger partial charge is 0.300 e. The first-order chi connectivity index (χ1) is 11.8. The summed E-state index contributed by atoms with van der Waals surface area (Å²) in [7, 11) is -4.13. The first-order valence-corrected chi connectivity index (χ1v) is 9.03. The number of rotatable bonds is 8. The Morgan fingerprint density at radius 1 is 1.08 bits per heavy atom. The number of hydrogen-bond donors (Lipinski definition) is 0. The van der Waals surface area contributed by atoms with Crippen molar-refractivity contribution in [3.8, 4) is 0 Å². The summed E-state index contributed by atoms with van der Waals surface area (Å²) < 4.78 is 27.1. The Morgan fingerprint density at radius 3 is 2.28 bits per heavy atom. The number of carbonyl (C=O) groups excluding carboxylic acids is 1. The zero-order valence-corrected chi connectivity index (χ0v) is 14.5. The fraction of sp³-hybridized carbons (Fsp3) is 0.235. The Kier molecular flexibility index (Phi) is 6.00. The van der Waals surface area contributed by atoms with E-state index in [9.17, 15) is 23.3 Å².